The molecule has 0 bridgehead atoms. The molecule has 2 saturated heterocycles. The van der Waals surface area contributed by atoms with Gasteiger partial charge in [0, 0.05) is 25.7 Å². The molecule has 2 aliphatic heterocycles. The van der Waals surface area contributed by atoms with Gasteiger partial charge in [0.15, 0.2) is 0 Å². The number of likely N-dealkylation sites (tertiary alicyclic amines) is 1. The number of morpholine rings is 1. The third-order valence-corrected chi connectivity index (χ3v) is 5.00. The van der Waals surface area contributed by atoms with Crippen LogP contribution in [-0.2, 0) is 4.74 Å². The van der Waals surface area contributed by atoms with E-state index < -0.39 is 6.10 Å². The van der Waals surface area contributed by atoms with Gasteiger partial charge in [-0.25, -0.2) is 0 Å². The van der Waals surface area contributed by atoms with E-state index in [0.717, 1.165) is 38.5 Å². The molecule has 0 amide bonds. The molecule has 0 saturated carbocycles. The van der Waals surface area contributed by atoms with Crippen LogP contribution in [0.3, 0.4) is 0 Å². The number of para-hydroxylation sites is 1. The maximum absolute atomic E-state index is 10.2. The summed E-state index contributed by atoms with van der Waals surface area (Å²) in [5, 5.41) is 10.2. The molecule has 1 aromatic rings. The van der Waals surface area contributed by atoms with Crippen LogP contribution in [0.25, 0.3) is 0 Å². The van der Waals surface area contributed by atoms with Crippen LogP contribution < -0.4 is 4.74 Å². The van der Waals surface area contributed by atoms with Gasteiger partial charge in [0.25, 0.3) is 0 Å². The third-order valence-electron chi connectivity index (χ3n) is 5.00. The summed E-state index contributed by atoms with van der Waals surface area (Å²) >= 11 is 0. The number of hydrogen-bond acceptors (Lipinski definition) is 5. The summed E-state index contributed by atoms with van der Waals surface area (Å²) in [6, 6.07) is 10.4. The van der Waals surface area contributed by atoms with E-state index in [1.807, 2.05) is 30.3 Å². The van der Waals surface area contributed by atoms with E-state index in [0.29, 0.717) is 25.3 Å². The Morgan fingerprint density at radius 3 is 2.67 bits per heavy atom. The summed E-state index contributed by atoms with van der Waals surface area (Å²) in [5.74, 6) is 0.816. The molecular weight excluding hydrogens is 304 g/mol. The smallest absolute Gasteiger partial charge is 0.119 e. The van der Waals surface area contributed by atoms with Crippen molar-refractivity contribution in [3.05, 3.63) is 30.3 Å². The molecule has 2 fully saturated rings. The van der Waals surface area contributed by atoms with Crippen molar-refractivity contribution in [2.45, 2.75) is 38.0 Å². The van der Waals surface area contributed by atoms with Gasteiger partial charge >= 0.3 is 0 Å². The molecule has 2 unspecified atom stereocenters. The molecule has 134 valence electrons. The summed E-state index contributed by atoms with van der Waals surface area (Å²) in [4.78, 5) is 4.94. The van der Waals surface area contributed by atoms with E-state index in [1.54, 1.807) is 0 Å². The topological polar surface area (TPSA) is 45.2 Å². The number of piperidine rings is 1. The summed E-state index contributed by atoms with van der Waals surface area (Å²) in [7, 11) is 0. The third kappa shape index (κ3) is 5.18. The van der Waals surface area contributed by atoms with Gasteiger partial charge < -0.3 is 19.5 Å². The Hall–Kier alpha value is -1.14. The van der Waals surface area contributed by atoms with Gasteiger partial charge in [-0.1, -0.05) is 18.2 Å². The van der Waals surface area contributed by atoms with Gasteiger partial charge in [0.05, 0.1) is 12.7 Å². The zero-order valence-electron chi connectivity index (χ0n) is 14.6. The fourth-order valence-electron chi connectivity index (χ4n) is 3.70. The number of aliphatic hydroxyl groups is 1. The van der Waals surface area contributed by atoms with E-state index in [-0.39, 0.29) is 0 Å². The zero-order valence-corrected chi connectivity index (χ0v) is 14.6. The molecule has 2 atom stereocenters. The van der Waals surface area contributed by atoms with E-state index in [4.69, 9.17) is 9.47 Å². The summed E-state index contributed by atoms with van der Waals surface area (Å²) in [6.45, 7) is 8.28. The first-order valence-corrected chi connectivity index (χ1v) is 9.14. The summed E-state index contributed by atoms with van der Waals surface area (Å²) in [5.41, 5.74) is 0. The first-order chi connectivity index (χ1) is 11.7. The molecular formula is C19H30N2O3. The van der Waals surface area contributed by atoms with E-state index in [9.17, 15) is 5.11 Å². The number of ether oxygens (including phenoxy) is 2. The monoisotopic (exact) mass is 334 g/mol. The van der Waals surface area contributed by atoms with Crippen LogP contribution in [0.15, 0.2) is 30.3 Å². The van der Waals surface area contributed by atoms with Gasteiger partial charge in [0.2, 0.25) is 0 Å². The second-order valence-corrected chi connectivity index (χ2v) is 6.99. The molecule has 1 N–H and O–H groups in total. The SMILES string of the molecule is CC1CN(C2CCN(CC(O)COc3ccccc3)CC2)CCO1. The summed E-state index contributed by atoms with van der Waals surface area (Å²) in [6.07, 6.45) is 2.27. The van der Waals surface area contributed by atoms with Gasteiger partial charge in [0.1, 0.15) is 18.5 Å². The number of nitrogens with zero attached hydrogens (tertiary/aromatic N) is 2. The van der Waals surface area contributed by atoms with Crippen LogP contribution in [0.5, 0.6) is 5.75 Å². The van der Waals surface area contributed by atoms with Crippen molar-refractivity contribution in [1.82, 2.24) is 9.80 Å². The highest BCUT2D eigenvalue weighted by Gasteiger charge is 2.28. The van der Waals surface area contributed by atoms with Crippen LogP contribution in [-0.4, -0.2) is 79.1 Å². The fourth-order valence-corrected chi connectivity index (χ4v) is 3.70. The fraction of sp³-hybridized carbons (Fsp3) is 0.684. The highest BCUT2D eigenvalue weighted by Crippen LogP contribution is 2.19. The minimum Gasteiger partial charge on any atom is -0.491 e. The number of rotatable bonds is 6. The Labute approximate surface area is 145 Å². The van der Waals surface area contributed by atoms with Crippen molar-refractivity contribution in [2.24, 2.45) is 0 Å². The second kappa shape index (κ2) is 8.81. The number of benzene rings is 1. The van der Waals surface area contributed by atoms with Gasteiger partial charge in [-0.3, -0.25) is 4.90 Å². The quantitative estimate of drug-likeness (QED) is 0.856. The molecule has 5 nitrogen and oxygen atoms in total. The van der Waals surface area contributed by atoms with Gasteiger partial charge in [-0.05, 0) is 45.0 Å². The maximum atomic E-state index is 10.2. The second-order valence-electron chi connectivity index (χ2n) is 6.99. The molecule has 2 aliphatic rings. The predicted octanol–water partition coefficient (Wildman–Crippen LogP) is 1.61. The molecule has 3 rings (SSSR count). The van der Waals surface area contributed by atoms with Crippen molar-refractivity contribution < 1.29 is 14.6 Å². The van der Waals surface area contributed by atoms with E-state index in [2.05, 4.69) is 16.7 Å². The Balaban J connectivity index is 1.35. The van der Waals surface area contributed by atoms with Crippen LogP contribution in [0, 0.1) is 0 Å². The number of hydrogen-bond donors (Lipinski definition) is 1. The van der Waals surface area contributed by atoms with Crippen molar-refractivity contribution in [3.8, 4) is 5.75 Å². The number of β-amino-alcohol motifs (C(OH)–C–C–N with tert-alkyl or cyclic N) is 1. The molecule has 1 aromatic carbocycles. The normalized spacial score (nSPS) is 25.5. The highest BCUT2D eigenvalue weighted by molar-refractivity contribution is 5.20. The average molecular weight is 334 g/mol. The highest BCUT2D eigenvalue weighted by atomic mass is 16.5. The lowest BCUT2D eigenvalue weighted by Crippen LogP contribution is -2.51. The standard InChI is InChI=1S/C19H30N2O3/c1-16-13-21(11-12-23-16)17-7-9-20(10-8-17)14-18(22)15-24-19-5-3-2-4-6-19/h2-6,16-18,22H,7-15H2,1H3. The van der Waals surface area contributed by atoms with Gasteiger partial charge in [-0.15, -0.1) is 0 Å². The minimum atomic E-state index is -0.440. The molecule has 0 radical (unpaired) electrons. The Morgan fingerprint density at radius 1 is 1.21 bits per heavy atom. The largest absolute Gasteiger partial charge is 0.491 e. The molecule has 5 heteroatoms. The lowest BCUT2D eigenvalue weighted by Gasteiger charge is -2.42. The first-order valence-electron chi connectivity index (χ1n) is 9.14. The first kappa shape index (κ1) is 17.7. The lowest BCUT2D eigenvalue weighted by atomic mass is 10.0. The number of aliphatic hydroxyl groups excluding tert-OH is 1. The molecule has 0 aromatic heterocycles. The Morgan fingerprint density at radius 2 is 1.96 bits per heavy atom. The van der Waals surface area contributed by atoms with E-state index >= 15 is 0 Å². The average Bonchev–Trinajstić information content (AvgIpc) is 2.61. The molecule has 24 heavy (non-hydrogen) atoms. The van der Waals surface area contributed by atoms with Crippen LogP contribution in [0.2, 0.25) is 0 Å². The lowest BCUT2D eigenvalue weighted by molar-refractivity contribution is -0.0455. The Bertz CT molecular complexity index is 477. The van der Waals surface area contributed by atoms with Crippen molar-refractivity contribution in [3.63, 3.8) is 0 Å². The van der Waals surface area contributed by atoms with Crippen molar-refractivity contribution >= 4 is 0 Å². The molecule has 0 aliphatic carbocycles. The van der Waals surface area contributed by atoms with Crippen LogP contribution in [0.1, 0.15) is 19.8 Å². The minimum absolute atomic E-state index is 0.352. The summed E-state index contributed by atoms with van der Waals surface area (Å²) < 4.78 is 11.3. The molecule has 0 spiro atoms. The zero-order chi connectivity index (χ0) is 16.8. The van der Waals surface area contributed by atoms with Gasteiger partial charge in [-0.2, -0.15) is 0 Å². The van der Waals surface area contributed by atoms with Crippen LogP contribution in [0.4, 0.5) is 0 Å². The Kier molecular flexibility index (Phi) is 6.49. The van der Waals surface area contributed by atoms with Crippen LogP contribution >= 0.6 is 0 Å². The van der Waals surface area contributed by atoms with E-state index in [1.165, 1.54) is 12.8 Å². The van der Waals surface area contributed by atoms with Crippen molar-refractivity contribution in [2.75, 3.05) is 45.9 Å². The van der Waals surface area contributed by atoms with Crippen molar-refractivity contribution in [1.29, 1.82) is 0 Å². The predicted molar refractivity (Wildman–Crippen MR) is 94.4 cm³/mol. The molecule has 2 heterocycles. The maximum Gasteiger partial charge on any atom is 0.119 e.